The number of thioether (sulfide) groups is 1. The summed E-state index contributed by atoms with van der Waals surface area (Å²) in [5.74, 6) is -0.897. The monoisotopic (exact) mass is 177 g/mol. The Kier molecular flexibility index (Phi) is 4.69. The van der Waals surface area contributed by atoms with Crippen LogP contribution in [0.1, 0.15) is 6.42 Å². The summed E-state index contributed by atoms with van der Waals surface area (Å²) >= 11 is 1.25. The number of carbonyl (C=O) groups is 2. The SMILES string of the molecule is COC(=O)CC(SC)C(N)=O. The van der Waals surface area contributed by atoms with Crippen molar-refractivity contribution in [2.24, 2.45) is 5.73 Å². The summed E-state index contributed by atoms with van der Waals surface area (Å²) in [4.78, 5) is 21.2. The Labute approximate surface area is 69.5 Å². The molecular weight excluding hydrogens is 166 g/mol. The van der Waals surface area contributed by atoms with Gasteiger partial charge in [0.1, 0.15) is 0 Å². The lowest BCUT2D eigenvalue weighted by Gasteiger charge is -2.07. The fraction of sp³-hybridized carbons (Fsp3) is 0.667. The quantitative estimate of drug-likeness (QED) is 0.602. The van der Waals surface area contributed by atoms with Gasteiger partial charge in [0.25, 0.3) is 0 Å². The van der Waals surface area contributed by atoms with Gasteiger partial charge < -0.3 is 10.5 Å². The first-order chi connectivity index (χ1) is 5.11. The topological polar surface area (TPSA) is 69.4 Å². The van der Waals surface area contributed by atoms with Gasteiger partial charge in [-0.2, -0.15) is 11.8 Å². The second-order valence-corrected chi connectivity index (χ2v) is 2.95. The summed E-state index contributed by atoms with van der Waals surface area (Å²) in [6.45, 7) is 0. The largest absolute Gasteiger partial charge is 0.469 e. The molecule has 11 heavy (non-hydrogen) atoms. The Hall–Kier alpha value is -0.710. The van der Waals surface area contributed by atoms with Crippen LogP contribution in [0.3, 0.4) is 0 Å². The molecular formula is C6H11NO3S. The number of esters is 1. The van der Waals surface area contributed by atoms with E-state index in [1.165, 1.54) is 18.9 Å². The van der Waals surface area contributed by atoms with Crippen molar-refractivity contribution in [3.63, 3.8) is 0 Å². The van der Waals surface area contributed by atoms with Crippen molar-refractivity contribution in [1.82, 2.24) is 0 Å². The zero-order chi connectivity index (χ0) is 8.85. The van der Waals surface area contributed by atoms with Crippen molar-refractivity contribution in [1.29, 1.82) is 0 Å². The summed E-state index contributed by atoms with van der Waals surface area (Å²) < 4.78 is 4.37. The second kappa shape index (κ2) is 5.01. The lowest BCUT2D eigenvalue weighted by atomic mass is 10.3. The average molecular weight is 177 g/mol. The van der Waals surface area contributed by atoms with Crippen LogP contribution >= 0.6 is 11.8 Å². The number of methoxy groups -OCH3 is 1. The van der Waals surface area contributed by atoms with Gasteiger partial charge in [-0.05, 0) is 6.26 Å². The predicted octanol–water partition coefficient (Wildman–Crippen LogP) is -0.234. The molecule has 1 amide bonds. The highest BCUT2D eigenvalue weighted by Gasteiger charge is 2.17. The number of nitrogens with two attached hydrogens (primary N) is 1. The molecule has 0 rings (SSSR count). The Morgan fingerprint density at radius 2 is 2.18 bits per heavy atom. The van der Waals surface area contributed by atoms with E-state index in [1.807, 2.05) is 0 Å². The van der Waals surface area contributed by atoms with Crippen molar-refractivity contribution in [2.45, 2.75) is 11.7 Å². The number of hydrogen-bond donors (Lipinski definition) is 1. The maximum Gasteiger partial charge on any atom is 0.307 e. The van der Waals surface area contributed by atoms with Crippen LogP contribution in [0.25, 0.3) is 0 Å². The Balaban J connectivity index is 3.88. The average Bonchev–Trinajstić information content (AvgIpc) is 1.99. The van der Waals surface area contributed by atoms with Gasteiger partial charge in [-0.3, -0.25) is 9.59 Å². The van der Waals surface area contributed by atoms with Crippen LogP contribution in [0.2, 0.25) is 0 Å². The molecule has 0 spiro atoms. The number of amides is 1. The minimum Gasteiger partial charge on any atom is -0.469 e. The van der Waals surface area contributed by atoms with Crippen LogP contribution in [0.4, 0.5) is 0 Å². The fourth-order valence-electron chi connectivity index (χ4n) is 0.535. The summed E-state index contributed by atoms with van der Waals surface area (Å²) in [6.07, 6.45) is 1.77. The Morgan fingerprint density at radius 3 is 2.45 bits per heavy atom. The molecule has 5 heteroatoms. The maximum atomic E-state index is 10.6. The van der Waals surface area contributed by atoms with Crippen LogP contribution in [0.15, 0.2) is 0 Å². The van der Waals surface area contributed by atoms with E-state index in [1.54, 1.807) is 6.26 Å². The molecule has 0 aromatic rings. The molecule has 64 valence electrons. The van der Waals surface area contributed by atoms with E-state index >= 15 is 0 Å². The lowest BCUT2D eigenvalue weighted by Crippen LogP contribution is -2.28. The molecule has 0 aliphatic rings. The third-order valence-corrected chi connectivity index (χ3v) is 2.15. The third kappa shape index (κ3) is 3.87. The molecule has 0 saturated heterocycles. The van der Waals surface area contributed by atoms with Gasteiger partial charge >= 0.3 is 5.97 Å². The molecule has 0 aliphatic heterocycles. The normalized spacial score (nSPS) is 12.2. The second-order valence-electron chi connectivity index (χ2n) is 1.91. The first-order valence-electron chi connectivity index (χ1n) is 3.00. The van der Waals surface area contributed by atoms with E-state index in [4.69, 9.17) is 5.73 Å². The molecule has 1 unspecified atom stereocenters. The molecule has 1 atom stereocenters. The first-order valence-corrected chi connectivity index (χ1v) is 4.29. The number of primary amides is 1. The van der Waals surface area contributed by atoms with E-state index < -0.39 is 17.1 Å². The predicted molar refractivity (Wildman–Crippen MR) is 43.1 cm³/mol. The number of rotatable bonds is 4. The zero-order valence-electron chi connectivity index (χ0n) is 6.49. The van der Waals surface area contributed by atoms with E-state index in [0.29, 0.717) is 0 Å². The summed E-state index contributed by atoms with van der Waals surface area (Å²) in [5.41, 5.74) is 4.98. The van der Waals surface area contributed by atoms with Crippen LogP contribution in [-0.2, 0) is 14.3 Å². The summed E-state index contributed by atoms with van der Waals surface area (Å²) in [7, 11) is 1.28. The number of hydrogen-bond acceptors (Lipinski definition) is 4. The highest BCUT2D eigenvalue weighted by molar-refractivity contribution is 7.99. The molecule has 0 aliphatic carbocycles. The first kappa shape index (κ1) is 10.3. The molecule has 0 heterocycles. The molecule has 0 aromatic heterocycles. The van der Waals surface area contributed by atoms with E-state index in [9.17, 15) is 9.59 Å². The highest BCUT2D eigenvalue weighted by atomic mass is 32.2. The maximum absolute atomic E-state index is 10.6. The molecule has 0 saturated carbocycles. The number of carbonyl (C=O) groups excluding carboxylic acids is 2. The fourth-order valence-corrected chi connectivity index (χ4v) is 1.07. The van der Waals surface area contributed by atoms with Crippen LogP contribution in [0.5, 0.6) is 0 Å². The van der Waals surface area contributed by atoms with Crippen LogP contribution in [-0.4, -0.2) is 30.5 Å². The summed E-state index contributed by atoms with van der Waals surface area (Å²) in [6, 6.07) is 0. The molecule has 0 fully saturated rings. The summed E-state index contributed by atoms with van der Waals surface area (Å²) in [5, 5.41) is -0.470. The molecule has 0 radical (unpaired) electrons. The Bertz CT molecular complexity index is 160. The van der Waals surface area contributed by atoms with Crippen molar-refractivity contribution in [3.8, 4) is 0 Å². The van der Waals surface area contributed by atoms with Crippen molar-refractivity contribution in [3.05, 3.63) is 0 Å². The molecule has 0 aromatic carbocycles. The molecule has 2 N–H and O–H groups in total. The van der Waals surface area contributed by atoms with Gasteiger partial charge in [-0.1, -0.05) is 0 Å². The van der Waals surface area contributed by atoms with Gasteiger partial charge in [0.2, 0.25) is 5.91 Å². The van der Waals surface area contributed by atoms with Gasteiger partial charge in [0.15, 0.2) is 0 Å². The molecule has 0 bridgehead atoms. The Morgan fingerprint density at radius 1 is 1.64 bits per heavy atom. The van der Waals surface area contributed by atoms with Crippen molar-refractivity contribution >= 4 is 23.6 Å². The molecule has 4 nitrogen and oxygen atoms in total. The third-order valence-electron chi connectivity index (χ3n) is 1.18. The minimum atomic E-state index is -0.483. The van der Waals surface area contributed by atoms with Gasteiger partial charge in [-0.15, -0.1) is 0 Å². The van der Waals surface area contributed by atoms with Crippen molar-refractivity contribution < 1.29 is 14.3 Å². The van der Waals surface area contributed by atoms with E-state index in [2.05, 4.69) is 4.74 Å². The standard InChI is InChI=1S/C6H11NO3S/c1-10-5(8)3-4(11-2)6(7)9/h4H,3H2,1-2H3,(H2,7,9). The zero-order valence-corrected chi connectivity index (χ0v) is 7.31. The van der Waals surface area contributed by atoms with E-state index in [-0.39, 0.29) is 6.42 Å². The van der Waals surface area contributed by atoms with Gasteiger partial charge in [0.05, 0.1) is 18.8 Å². The van der Waals surface area contributed by atoms with Crippen molar-refractivity contribution in [2.75, 3.05) is 13.4 Å². The number of ether oxygens (including phenoxy) is 1. The van der Waals surface area contributed by atoms with Crippen LogP contribution in [0, 0.1) is 0 Å². The highest BCUT2D eigenvalue weighted by Crippen LogP contribution is 2.10. The van der Waals surface area contributed by atoms with E-state index in [0.717, 1.165) is 0 Å². The lowest BCUT2D eigenvalue weighted by molar-refractivity contribution is -0.141. The van der Waals surface area contributed by atoms with Gasteiger partial charge in [0, 0.05) is 0 Å². The minimum absolute atomic E-state index is 0.0486. The van der Waals surface area contributed by atoms with Gasteiger partial charge in [-0.25, -0.2) is 0 Å². The van der Waals surface area contributed by atoms with Crippen LogP contribution < -0.4 is 5.73 Å². The smallest absolute Gasteiger partial charge is 0.307 e.